The van der Waals surface area contributed by atoms with E-state index in [0.717, 1.165) is 0 Å². The molecule has 1 unspecified atom stereocenters. The molecule has 2 aromatic carbocycles. The van der Waals surface area contributed by atoms with E-state index in [1.54, 1.807) is 24.3 Å². The number of piperazine rings is 1. The van der Waals surface area contributed by atoms with E-state index in [4.69, 9.17) is 9.15 Å². The molecule has 1 saturated heterocycles. The molecule has 4 rings (SSSR count). The van der Waals surface area contributed by atoms with Crippen molar-refractivity contribution in [2.45, 2.75) is 26.0 Å². The lowest BCUT2D eigenvalue weighted by atomic mass is 9.98. The zero-order valence-electron chi connectivity index (χ0n) is 18.6. The molecule has 8 nitrogen and oxygen atoms in total. The van der Waals surface area contributed by atoms with Crippen LogP contribution in [0.25, 0.3) is 22.3 Å². The number of hydrogen-bond donors (Lipinski definition) is 3. The van der Waals surface area contributed by atoms with Crippen LogP contribution >= 0.6 is 0 Å². The average molecular weight is 455 g/mol. The average Bonchev–Trinajstić information content (AvgIpc) is 3.16. The van der Waals surface area contributed by atoms with Gasteiger partial charge in [-0.05, 0) is 50.2 Å². The molecule has 1 atom stereocenters. The summed E-state index contributed by atoms with van der Waals surface area (Å²) in [6.45, 7) is 5.06. The number of fused-ring (bicyclic) bond motifs is 1. The van der Waals surface area contributed by atoms with Gasteiger partial charge in [0.2, 0.25) is 0 Å². The molecular weight excluding hydrogens is 429 g/mol. The fourth-order valence-corrected chi connectivity index (χ4v) is 4.12. The number of halogens is 1. The summed E-state index contributed by atoms with van der Waals surface area (Å²) in [4.78, 5) is 26.1. The fourth-order valence-electron chi connectivity index (χ4n) is 4.12. The van der Waals surface area contributed by atoms with Gasteiger partial charge in [0.05, 0.1) is 17.7 Å². The number of carbonyl (C=O) groups is 2. The maximum atomic E-state index is 13.5. The Kier molecular flexibility index (Phi) is 6.24. The standard InChI is InChI=1S/C24H26FN3O5/c1-13(2)32-19-11-17-20(10-16(19)18-12-27-8-9-28(18)24(30)31)33-22(21(17)23(29)26-3)14-4-6-15(25)7-5-14/h4-7,10-11,13,18,27H,8-9,12H2,1-3H3,(H,26,29)(H,30,31). The van der Waals surface area contributed by atoms with Crippen LogP contribution in [0.15, 0.2) is 40.8 Å². The summed E-state index contributed by atoms with van der Waals surface area (Å²) in [5.74, 6) is 0.0237. The van der Waals surface area contributed by atoms with Crippen LogP contribution in [0.2, 0.25) is 0 Å². The van der Waals surface area contributed by atoms with Gasteiger partial charge in [0, 0.05) is 43.2 Å². The predicted molar refractivity (Wildman–Crippen MR) is 121 cm³/mol. The van der Waals surface area contributed by atoms with E-state index in [1.165, 1.54) is 24.1 Å². The second-order valence-electron chi connectivity index (χ2n) is 8.14. The van der Waals surface area contributed by atoms with Gasteiger partial charge >= 0.3 is 6.09 Å². The number of nitrogens with zero attached hydrogens (tertiary/aromatic N) is 1. The number of carbonyl (C=O) groups excluding carboxylic acids is 1. The quantitative estimate of drug-likeness (QED) is 0.537. The van der Waals surface area contributed by atoms with Gasteiger partial charge in [-0.25, -0.2) is 9.18 Å². The molecule has 2 heterocycles. The predicted octanol–water partition coefficient (Wildman–Crippen LogP) is 4.01. The van der Waals surface area contributed by atoms with Crippen LogP contribution in [-0.4, -0.2) is 54.8 Å². The second-order valence-corrected chi connectivity index (χ2v) is 8.14. The summed E-state index contributed by atoms with van der Waals surface area (Å²) in [5, 5.41) is 16.1. The Labute approximate surface area is 190 Å². The smallest absolute Gasteiger partial charge is 0.407 e. The van der Waals surface area contributed by atoms with E-state index in [-0.39, 0.29) is 12.0 Å². The molecule has 1 aromatic heterocycles. The van der Waals surface area contributed by atoms with Crippen molar-refractivity contribution in [3.8, 4) is 17.1 Å². The first-order valence-electron chi connectivity index (χ1n) is 10.8. The Morgan fingerprint density at radius 3 is 2.64 bits per heavy atom. The number of nitrogens with one attached hydrogen (secondary N) is 2. The van der Waals surface area contributed by atoms with Crippen LogP contribution < -0.4 is 15.4 Å². The second kappa shape index (κ2) is 9.11. The van der Waals surface area contributed by atoms with Gasteiger partial charge in [0.1, 0.15) is 22.9 Å². The third kappa shape index (κ3) is 4.36. The SMILES string of the molecule is CNC(=O)c1c(-c2ccc(F)cc2)oc2cc(C3CNCCN3C(=O)O)c(OC(C)C)cc12. The zero-order valence-corrected chi connectivity index (χ0v) is 18.6. The summed E-state index contributed by atoms with van der Waals surface area (Å²) in [6, 6.07) is 8.66. The van der Waals surface area contributed by atoms with E-state index in [0.29, 0.717) is 58.8 Å². The summed E-state index contributed by atoms with van der Waals surface area (Å²) in [7, 11) is 1.52. The van der Waals surface area contributed by atoms with Gasteiger partial charge in [-0.15, -0.1) is 0 Å². The van der Waals surface area contributed by atoms with Gasteiger partial charge in [0.25, 0.3) is 5.91 Å². The summed E-state index contributed by atoms with van der Waals surface area (Å²) >= 11 is 0. The number of amides is 2. The third-order valence-corrected chi connectivity index (χ3v) is 5.59. The molecule has 2 amide bonds. The lowest BCUT2D eigenvalue weighted by molar-refractivity contribution is 0.0964. The van der Waals surface area contributed by atoms with E-state index >= 15 is 0 Å². The molecular formula is C24H26FN3O5. The van der Waals surface area contributed by atoms with Crippen LogP contribution in [0.5, 0.6) is 5.75 Å². The number of rotatable bonds is 5. The van der Waals surface area contributed by atoms with Gasteiger partial charge in [-0.3, -0.25) is 9.69 Å². The number of hydrogen-bond acceptors (Lipinski definition) is 5. The highest BCUT2D eigenvalue weighted by molar-refractivity contribution is 6.11. The third-order valence-electron chi connectivity index (χ3n) is 5.59. The van der Waals surface area contributed by atoms with E-state index < -0.39 is 18.0 Å². The Morgan fingerprint density at radius 1 is 1.27 bits per heavy atom. The highest BCUT2D eigenvalue weighted by Gasteiger charge is 2.32. The van der Waals surface area contributed by atoms with Crippen molar-refractivity contribution in [2.75, 3.05) is 26.7 Å². The van der Waals surface area contributed by atoms with Crippen molar-refractivity contribution in [1.82, 2.24) is 15.5 Å². The van der Waals surface area contributed by atoms with Crippen molar-refractivity contribution in [1.29, 1.82) is 0 Å². The molecule has 1 aliphatic heterocycles. The molecule has 0 aliphatic carbocycles. The first-order valence-corrected chi connectivity index (χ1v) is 10.8. The summed E-state index contributed by atoms with van der Waals surface area (Å²) in [6.07, 6.45) is -1.20. The minimum Gasteiger partial charge on any atom is -0.491 e. The normalized spacial score (nSPS) is 16.3. The van der Waals surface area contributed by atoms with E-state index in [2.05, 4.69) is 10.6 Å². The van der Waals surface area contributed by atoms with Gasteiger partial charge < -0.3 is 24.9 Å². The maximum Gasteiger partial charge on any atom is 0.407 e. The molecule has 33 heavy (non-hydrogen) atoms. The van der Waals surface area contributed by atoms with Gasteiger partial charge in [0.15, 0.2) is 0 Å². The van der Waals surface area contributed by atoms with Crippen LogP contribution in [-0.2, 0) is 0 Å². The Bertz CT molecular complexity index is 1190. The molecule has 0 saturated carbocycles. The lowest BCUT2D eigenvalue weighted by Crippen LogP contribution is -2.48. The first-order chi connectivity index (χ1) is 15.8. The first kappa shape index (κ1) is 22.6. The van der Waals surface area contributed by atoms with E-state index in [1.807, 2.05) is 13.8 Å². The van der Waals surface area contributed by atoms with Crippen molar-refractivity contribution in [3.05, 3.63) is 53.3 Å². The molecule has 3 aromatic rings. The minimum atomic E-state index is -1.02. The molecule has 0 bridgehead atoms. The number of benzene rings is 2. The number of ether oxygens (including phenoxy) is 1. The Balaban J connectivity index is 1.95. The Hall–Kier alpha value is -3.59. The van der Waals surface area contributed by atoms with Crippen LogP contribution in [0.3, 0.4) is 0 Å². The molecule has 0 radical (unpaired) electrons. The molecule has 174 valence electrons. The van der Waals surface area contributed by atoms with E-state index in [9.17, 15) is 19.1 Å². The monoisotopic (exact) mass is 455 g/mol. The van der Waals surface area contributed by atoms with Crippen molar-refractivity contribution >= 4 is 23.0 Å². The topological polar surface area (TPSA) is 104 Å². The van der Waals surface area contributed by atoms with Crippen molar-refractivity contribution in [3.63, 3.8) is 0 Å². The molecule has 1 fully saturated rings. The molecule has 0 spiro atoms. The summed E-state index contributed by atoms with van der Waals surface area (Å²) in [5.41, 5.74) is 1.91. The van der Waals surface area contributed by atoms with Gasteiger partial charge in [-0.2, -0.15) is 0 Å². The van der Waals surface area contributed by atoms with Gasteiger partial charge in [-0.1, -0.05) is 0 Å². The van der Waals surface area contributed by atoms with Crippen molar-refractivity contribution < 1.29 is 28.2 Å². The maximum absolute atomic E-state index is 13.5. The molecule has 3 N–H and O–H groups in total. The van der Waals surface area contributed by atoms with Crippen LogP contribution in [0.4, 0.5) is 9.18 Å². The highest BCUT2D eigenvalue weighted by atomic mass is 19.1. The van der Waals surface area contributed by atoms with Crippen molar-refractivity contribution in [2.24, 2.45) is 0 Å². The fraction of sp³-hybridized carbons (Fsp3) is 0.333. The summed E-state index contributed by atoms with van der Waals surface area (Å²) < 4.78 is 25.7. The highest BCUT2D eigenvalue weighted by Crippen LogP contribution is 2.40. The molecule has 9 heteroatoms. The van der Waals surface area contributed by atoms with Crippen LogP contribution in [0.1, 0.15) is 35.8 Å². The number of furan rings is 1. The van der Waals surface area contributed by atoms with Crippen LogP contribution in [0, 0.1) is 5.82 Å². The largest absolute Gasteiger partial charge is 0.491 e. The Morgan fingerprint density at radius 2 is 2.00 bits per heavy atom. The molecule has 1 aliphatic rings. The minimum absolute atomic E-state index is 0.178. The lowest BCUT2D eigenvalue weighted by Gasteiger charge is -2.35. The number of carboxylic acid groups (broad SMARTS) is 1. The zero-order chi connectivity index (χ0) is 23.7.